The fourth-order valence-electron chi connectivity index (χ4n) is 3.80. The minimum atomic E-state index is -3.83. The second-order valence-electron chi connectivity index (χ2n) is 7.30. The first-order chi connectivity index (χ1) is 12.8. The van der Waals surface area contributed by atoms with Gasteiger partial charge in [-0.2, -0.15) is 4.31 Å². The number of carbonyl (C=O) groups is 1. The number of sulfonamides is 1. The van der Waals surface area contributed by atoms with Gasteiger partial charge in [0.2, 0.25) is 15.9 Å². The van der Waals surface area contributed by atoms with E-state index >= 15 is 0 Å². The number of hydrogen-bond acceptors (Lipinski definition) is 4. The lowest BCUT2D eigenvalue weighted by Crippen LogP contribution is -2.48. The molecule has 150 valence electrons. The molecule has 0 bridgehead atoms. The molecule has 1 amide bonds. The van der Waals surface area contributed by atoms with Crippen molar-refractivity contribution < 1.29 is 18.3 Å². The van der Waals surface area contributed by atoms with Crippen LogP contribution in [-0.4, -0.2) is 49.0 Å². The molecule has 3 atom stereocenters. The second-order valence-corrected chi connectivity index (χ2v) is 10.1. The molecule has 0 spiro atoms. The number of aliphatic hydroxyl groups excluding tert-OH is 1. The van der Waals surface area contributed by atoms with Gasteiger partial charge >= 0.3 is 0 Å². The smallest absolute Gasteiger partial charge is 0.244 e. The van der Waals surface area contributed by atoms with Gasteiger partial charge in [0.15, 0.2) is 0 Å². The minimum Gasteiger partial charge on any atom is -0.393 e. The van der Waals surface area contributed by atoms with Gasteiger partial charge in [0, 0.05) is 24.2 Å². The normalized spacial score (nSPS) is 27.3. The zero-order chi connectivity index (χ0) is 19.6. The highest BCUT2D eigenvalue weighted by Crippen LogP contribution is 2.30. The summed E-state index contributed by atoms with van der Waals surface area (Å²) in [6.45, 7) is 0.462. The molecular formula is C18H24Cl2N2O4S. The van der Waals surface area contributed by atoms with E-state index < -0.39 is 15.9 Å². The summed E-state index contributed by atoms with van der Waals surface area (Å²) in [7, 11) is -3.83. The lowest BCUT2D eigenvalue weighted by Gasteiger charge is -2.33. The quantitative estimate of drug-likeness (QED) is 0.762. The van der Waals surface area contributed by atoms with E-state index in [0.29, 0.717) is 30.8 Å². The van der Waals surface area contributed by atoms with Crippen LogP contribution in [0.3, 0.4) is 0 Å². The van der Waals surface area contributed by atoms with Gasteiger partial charge in [0.1, 0.15) is 4.90 Å². The predicted molar refractivity (Wildman–Crippen MR) is 104 cm³/mol. The molecule has 6 nitrogen and oxygen atoms in total. The molecule has 2 N–H and O–H groups in total. The highest BCUT2D eigenvalue weighted by atomic mass is 35.5. The number of hydrogen-bond donors (Lipinski definition) is 2. The second kappa shape index (κ2) is 8.66. The summed E-state index contributed by atoms with van der Waals surface area (Å²) >= 11 is 12.0. The zero-order valence-electron chi connectivity index (χ0n) is 14.9. The van der Waals surface area contributed by atoms with Crippen LogP contribution in [0, 0.1) is 5.92 Å². The van der Waals surface area contributed by atoms with Gasteiger partial charge in [0.05, 0.1) is 17.0 Å². The van der Waals surface area contributed by atoms with Crippen LogP contribution in [0.5, 0.6) is 0 Å². The Morgan fingerprint density at radius 1 is 1.19 bits per heavy atom. The summed E-state index contributed by atoms with van der Waals surface area (Å²) < 4.78 is 27.3. The van der Waals surface area contributed by atoms with Crippen molar-refractivity contribution in [2.45, 2.75) is 55.6 Å². The lowest BCUT2D eigenvalue weighted by molar-refractivity contribution is -0.127. The molecule has 2 fully saturated rings. The van der Waals surface area contributed by atoms with Crippen molar-refractivity contribution in [3.05, 3.63) is 28.2 Å². The molecule has 1 aliphatic carbocycles. The molecule has 0 radical (unpaired) electrons. The monoisotopic (exact) mass is 434 g/mol. The Kier molecular flexibility index (Phi) is 6.69. The number of nitrogens with one attached hydrogen (secondary N) is 1. The fraction of sp³-hybridized carbons (Fsp3) is 0.611. The van der Waals surface area contributed by atoms with Crippen LogP contribution in [0.1, 0.15) is 38.5 Å². The van der Waals surface area contributed by atoms with E-state index in [9.17, 15) is 18.3 Å². The first-order valence-electron chi connectivity index (χ1n) is 9.21. The third kappa shape index (κ3) is 4.95. The molecule has 3 unspecified atom stereocenters. The molecule has 1 aromatic rings. The Balaban J connectivity index is 1.69. The molecule has 0 aromatic heterocycles. The Morgan fingerprint density at radius 2 is 1.96 bits per heavy atom. The van der Waals surface area contributed by atoms with Crippen LogP contribution in [0.25, 0.3) is 0 Å². The van der Waals surface area contributed by atoms with Gasteiger partial charge in [-0.05, 0) is 56.7 Å². The molecule has 1 heterocycles. The van der Waals surface area contributed by atoms with Gasteiger partial charge in [-0.25, -0.2) is 8.42 Å². The van der Waals surface area contributed by atoms with E-state index in [1.165, 1.54) is 22.5 Å². The van der Waals surface area contributed by atoms with Crippen LogP contribution in [0.2, 0.25) is 10.0 Å². The molecule has 27 heavy (non-hydrogen) atoms. The van der Waals surface area contributed by atoms with E-state index in [4.69, 9.17) is 23.2 Å². The van der Waals surface area contributed by atoms with E-state index in [-0.39, 0.29) is 34.5 Å². The molecule has 9 heteroatoms. The minimum absolute atomic E-state index is 0.0341. The third-order valence-electron chi connectivity index (χ3n) is 5.26. The Morgan fingerprint density at radius 3 is 2.70 bits per heavy atom. The van der Waals surface area contributed by atoms with Crippen molar-refractivity contribution in [2.75, 3.05) is 13.1 Å². The molecule has 3 rings (SSSR count). The van der Waals surface area contributed by atoms with Gasteiger partial charge in [-0.3, -0.25) is 4.79 Å². The standard InChI is InChI=1S/C18H24Cl2N2O4S/c19-13-6-7-16(20)17(9-13)27(25,26)22-8-2-3-12(11-22)18(24)21-14-4-1-5-15(23)10-14/h6-7,9,12,14-15,23H,1-5,8,10-11H2,(H,21,24). The van der Waals surface area contributed by atoms with Gasteiger partial charge < -0.3 is 10.4 Å². The van der Waals surface area contributed by atoms with Gasteiger partial charge in [-0.1, -0.05) is 23.2 Å². The maximum Gasteiger partial charge on any atom is 0.244 e. The first-order valence-corrected chi connectivity index (χ1v) is 11.4. The lowest BCUT2D eigenvalue weighted by atomic mass is 9.91. The van der Waals surface area contributed by atoms with Crippen molar-refractivity contribution in [3.8, 4) is 0 Å². The van der Waals surface area contributed by atoms with Crippen molar-refractivity contribution in [1.29, 1.82) is 0 Å². The average molecular weight is 435 g/mol. The number of piperidine rings is 1. The van der Waals surface area contributed by atoms with E-state index in [2.05, 4.69) is 5.32 Å². The number of benzene rings is 1. The van der Waals surface area contributed by atoms with Crippen LogP contribution < -0.4 is 5.32 Å². The van der Waals surface area contributed by atoms with Crippen molar-refractivity contribution in [2.24, 2.45) is 5.92 Å². The van der Waals surface area contributed by atoms with Gasteiger partial charge in [-0.15, -0.1) is 0 Å². The first kappa shape index (κ1) is 20.9. The average Bonchev–Trinajstić information content (AvgIpc) is 2.63. The molecule has 1 aromatic carbocycles. The molecule has 2 aliphatic rings. The zero-order valence-corrected chi connectivity index (χ0v) is 17.2. The summed E-state index contributed by atoms with van der Waals surface area (Å²) in [5, 5.41) is 13.2. The summed E-state index contributed by atoms with van der Waals surface area (Å²) in [6.07, 6.45) is 3.90. The van der Waals surface area contributed by atoms with Crippen LogP contribution in [-0.2, 0) is 14.8 Å². The van der Waals surface area contributed by atoms with E-state index in [1.807, 2.05) is 0 Å². The Labute approximate surface area is 169 Å². The molecule has 1 aliphatic heterocycles. The topological polar surface area (TPSA) is 86.7 Å². The van der Waals surface area contributed by atoms with Crippen LogP contribution in [0.15, 0.2) is 23.1 Å². The van der Waals surface area contributed by atoms with Crippen LogP contribution in [0.4, 0.5) is 0 Å². The number of aliphatic hydroxyl groups is 1. The summed E-state index contributed by atoms with van der Waals surface area (Å²) in [5.41, 5.74) is 0. The maximum absolute atomic E-state index is 13.0. The number of nitrogens with zero attached hydrogens (tertiary/aromatic N) is 1. The summed E-state index contributed by atoms with van der Waals surface area (Å²) in [4.78, 5) is 12.6. The van der Waals surface area contributed by atoms with Crippen molar-refractivity contribution in [3.63, 3.8) is 0 Å². The molecule has 1 saturated carbocycles. The highest BCUT2D eigenvalue weighted by Gasteiger charge is 2.35. The number of halogens is 2. The van der Waals surface area contributed by atoms with E-state index in [0.717, 1.165) is 19.3 Å². The SMILES string of the molecule is O=C(NC1CCCC(O)C1)C1CCCN(S(=O)(=O)c2cc(Cl)ccc2Cl)C1. The predicted octanol–water partition coefficient (Wildman–Crippen LogP) is 2.81. The Bertz CT molecular complexity index is 803. The number of amides is 1. The van der Waals surface area contributed by atoms with Crippen LogP contribution >= 0.6 is 23.2 Å². The van der Waals surface area contributed by atoms with Gasteiger partial charge in [0.25, 0.3) is 0 Å². The molecular weight excluding hydrogens is 411 g/mol. The fourth-order valence-corrected chi connectivity index (χ4v) is 6.06. The summed E-state index contributed by atoms with van der Waals surface area (Å²) in [5.74, 6) is -0.559. The number of carbonyl (C=O) groups excluding carboxylic acids is 1. The summed E-state index contributed by atoms with van der Waals surface area (Å²) in [6, 6.07) is 4.29. The third-order valence-corrected chi connectivity index (χ3v) is 7.84. The largest absolute Gasteiger partial charge is 0.393 e. The van der Waals surface area contributed by atoms with Crippen molar-refractivity contribution >= 4 is 39.1 Å². The Hall–Kier alpha value is -0.860. The van der Waals surface area contributed by atoms with Crippen molar-refractivity contribution in [1.82, 2.24) is 9.62 Å². The highest BCUT2D eigenvalue weighted by molar-refractivity contribution is 7.89. The molecule has 1 saturated heterocycles. The number of rotatable bonds is 4. The maximum atomic E-state index is 13.0. The van der Waals surface area contributed by atoms with E-state index in [1.54, 1.807) is 0 Å².